The Kier molecular flexibility index (Phi) is 5.40. The summed E-state index contributed by atoms with van der Waals surface area (Å²) in [6, 6.07) is 0. The van der Waals surface area contributed by atoms with E-state index in [1.807, 2.05) is 11.7 Å². The summed E-state index contributed by atoms with van der Waals surface area (Å²) < 4.78 is 1.92. The fourth-order valence-corrected chi connectivity index (χ4v) is 2.95. The number of rotatable bonds is 7. The molecule has 2 heterocycles. The summed E-state index contributed by atoms with van der Waals surface area (Å²) >= 11 is 0. The van der Waals surface area contributed by atoms with Gasteiger partial charge in [0.2, 0.25) is 0 Å². The van der Waals surface area contributed by atoms with Gasteiger partial charge >= 0.3 is 0 Å². The molecular formula is C15H28N4. The number of nitrogens with one attached hydrogen (secondary N) is 1. The van der Waals surface area contributed by atoms with Crippen LogP contribution in [0.4, 0.5) is 0 Å². The summed E-state index contributed by atoms with van der Waals surface area (Å²) in [6.45, 7) is 10.4. The van der Waals surface area contributed by atoms with Crippen LogP contribution in [0, 0.1) is 5.92 Å². The number of hydrogen-bond acceptors (Lipinski definition) is 3. The van der Waals surface area contributed by atoms with E-state index in [9.17, 15) is 0 Å². The van der Waals surface area contributed by atoms with Gasteiger partial charge in [-0.2, -0.15) is 5.10 Å². The molecule has 4 nitrogen and oxygen atoms in total. The number of aromatic nitrogens is 2. The van der Waals surface area contributed by atoms with Crippen molar-refractivity contribution in [3.05, 3.63) is 17.5 Å². The van der Waals surface area contributed by atoms with Crippen molar-refractivity contribution in [1.29, 1.82) is 0 Å². The van der Waals surface area contributed by atoms with Crippen molar-refractivity contribution >= 4 is 0 Å². The van der Waals surface area contributed by atoms with Crippen LogP contribution in [0.2, 0.25) is 0 Å². The van der Waals surface area contributed by atoms with Crippen LogP contribution >= 0.6 is 0 Å². The van der Waals surface area contributed by atoms with E-state index in [-0.39, 0.29) is 0 Å². The number of hydrogen-bond donors (Lipinski definition) is 1. The molecule has 1 aliphatic heterocycles. The minimum atomic E-state index is 0.722. The highest BCUT2D eigenvalue weighted by atomic mass is 15.3. The standard InChI is InChI=1S/C15H28N4/c1-4-15-14(12-18(3)17-15)10-16-9-13(2)11-19-7-5-6-8-19/h12-13,16H,4-11H2,1-3H3. The second kappa shape index (κ2) is 7.06. The fraction of sp³-hybridized carbons (Fsp3) is 0.800. The first-order valence-electron chi connectivity index (χ1n) is 7.63. The summed E-state index contributed by atoms with van der Waals surface area (Å²) in [5.74, 6) is 0.722. The molecule has 1 aromatic heterocycles. The van der Waals surface area contributed by atoms with Crippen LogP contribution in [0.3, 0.4) is 0 Å². The molecule has 0 aromatic carbocycles. The Morgan fingerprint density at radius 3 is 2.79 bits per heavy atom. The lowest BCUT2D eigenvalue weighted by Gasteiger charge is -2.20. The van der Waals surface area contributed by atoms with Gasteiger partial charge in [-0.25, -0.2) is 0 Å². The minimum Gasteiger partial charge on any atom is -0.312 e. The second-order valence-electron chi connectivity index (χ2n) is 5.87. The summed E-state index contributed by atoms with van der Waals surface area (Å²) in [7, 11) is 2.00. The number of nitrogens with zero attached hydrogens (tertiary/aromatic N) is 3. The molecule has 1 atom stereocenters. The Balaban J connectivity index is 1.70. The van der Waals surface area contributed by atoms with Gasteiger partial charge in [-0.05, 0) is 44.8 Å². The maximum Gasteiger partial charge on any atom is 0.0666 e. The monoisotopic (exact) mass is 264 g/mol. The molecule has 1 fully saturated rings. The van der Waals surface area contributed by atoms with Gasteiger partial charge in [0.1, 0.15) is 0 Å². The molecule has 1 saturated heterocycles. The zero-order valence-electron chi connectivity index (χ0n) is 12.7. The molecule has 1 unspecified atom stereocenters. The van der Waals surface area contributed by atoms with Crippen LogP contribution in [0.1, 0.15) is 37.9 Å². The van der Waals surface area contributed by atoms with E-state index < -0.39 is 0 Å². The summed E-state index contributed by atoms with van der Waals surface area (Å²) in [6.07, 6.45) is 5.92. The maximum atomic E-state index is 4.48. The normalized spacial score (nSPS) is 18.1. The van der Waals surface area contributed by atoms with Gasteiger partial charge < -0.3 is 10.2 Å². The molecule has 0 radical (unpaired) electrons. The quantitative estimate of drug-likeness (QED) is 0.815. The van der Waals surface area contributed by atoms with Crippen molar-refractivity contribution in [2.75, 3.05) is 26.2 Å². The summed E-state index contributed by atoms with van der Waals surface area (Å²) in [5.41, 5.74) is 2.57. The number of likely N-dealkylation sites (tertiary alicyclic amines) is 1. The largest absolute Gasteiger partial charge is 0.312 e. The van der Waals surface area contributed by atoms with Crippen molar-refractivity contribution in [2.24, 2.45) is 13.0 Å². The molecule has 0 spiro atoms. The van der Waals surface area contributed by atoms with Gasteiger partial charge in [-0.3, -0.25) is 4.68 Å². The van der Waals surface area contributed by atoms with E-state index in [1.54, 1.807) is 0 Å². The zero-order valence-corrected chi connectivity index (χ0v) is 12.7. The summed E-state index contributed by atoms with van der Waals surface area (Å²) in [5, 5.41) is 8.06. The van der Waals surface area contributed by atoms with E-state index in [4.69, 9.17) is 0 Å². The van der Waals surface area contributed by atoms with E-state index >= 15 is 0 Å². The molecule has 1 N–H and O–H groups in total. The zero-order chi connectivity index (χ0) is 13.7. The van der Waals surface area contributed by atoms with Gasteiger partial charge in [0.15, 0.2) is 0 Å². The van der Waals surface area contributed by atoms with Crippen LogP contribution in [0.5, 0.6) is 0 Å². The average Bonchev–Trinajstić information content (AvgIpc) is 2.99. The van der Waals surface area contributed by atoms with Gasteiger partial charge in [-0.15, -0.1) is 0 Å². The van der Waals surface area contributed by atoms with Crippen molar-refractivity contribution in [3.63, 3.8) is 0 Å². The SMILES string of the molecule is CCc1nn(C)cc1CNCC(C)CN1CCCC1. The first-order chi connectivity index (χ1) is 9.19. The van der Waals surface area contributed by atoms with Crippen LogP contribution in [0.25, 0.3) is 0 Å². The Morgan fingerprint density at radius 1 is 1.37 bits per heavy atom. The Hall–Kier alpha value is -0.870. The molecular weight excluding hydrogens is 236 g/mol. The smallest absolute Gasteiger partial charge is 0.0666 e. The van der Waals surface area contributed by atoms with Crippen molar-refractivity contribution < 1.29 is 0 Å². The molecule has 0 aliphatic carbocycles. The van der Waals surface area contributed by atoms with Crippen LogP contribution in [-0.2, 0) is 20.0 Å². The molecule has 1 aliphatic rings. The van der Waals surface area contributed by atoms with E-state index in [0.717, 1.165) is 25.4 Å². The van der Waals surface area contributed by atoms with Crippen molar-refractivity contribution in [3.8, 4) is 0 Å². The second-order valence-corrected chi connectivity index (χ2v) is 5.87. The third kappa shape index (κ3) is 4.32. The average molecular weight is 264 g/mol. The molecule has 2 rings (SSSR count). The first kappa shape index (κ1) is 14.5. The third-order valence-corrected chi connectivity index (χ3v) is 3.90. The lowest BCUT2D eigenvalue weighted by Crippen LogP contribution is -2.31. The molecule has 0 amide bonds. The molecule has 0 bridgehead atoms. The van der Waals surface area contributed by atoms with Gasteiger partial charge in [0.25, 0.3) is 0 Å². The third-order valence-electron chi connectivity index (χ3n) is 3.90. The molecule has 1 aromatic rings. The van der Waals surface area contributed by atoms with Crippen molar-refractivity contribution in [1.82, 2.24) is 20.0 Å². The summed E-state index contributed by atoms with van der Waals surface area (Å²) in [4.78, 5) is 2.59. The van der Waals surface area contributed by atoms with E-state index in [0.29, 0.717) is 0 Å². The lowest BCUT2D eigenvalue weighted by molar-refractivity contribution is 0.282. The Morgan fingerprint density at radius 2 is 2.11 bits per heavy atom. The minimum absolute atomic E-state index is 0.722. The highest BCUT2D eigenvalue weighted by Gasteiger charge is 2.14. The number of aryl methyl sites for hydroxylation is 2. The van der Waals surface area contributed by atoms with E-state index in [1.165, 1.54) is 43.7 Å². The van der Waals surface area contributed by atoms with Crippen LogP contribution in [-0.4, -0.2) is 40.9 Å². The van der Waals surface area contributed by atoms with E-state index in [2.05, 4.69) is 35.4 Å². The topological polar surface area (TPSA) is 33.1 Å². The Labute approximate surface area is 117 Å². The molecule has 0 saturated carbocycles. The Bertz CT molecular complexity index is 379. The highest BCUT2D eigenvalue weighted by molar-refractivity contribution is 5.16. The van der Waals surface area contributed by atoms with Crippen LogP contribution < -0.4 is 5.32 Å². The predicted octanol–water partition coefficient (Wildman–Crippen LogP) is 1.80. The highest BCUT2D eigenvalue weighted by Crippen LogP contribution is 2.10. The molecule has 19 heavy (non-hydrogen) atoms. The molecule has 4 heteroatoms. The first-order valence-corrected chi connectivity index (χ1v) is 7.63. The predicted molar refractivity (Wildman–Crippen MR) is 79.1 cm³/mol. The van der Waals surface area contributed by atoms with Crippen LogP contribution in [0.15, 0.2) is 6.20 Å². The maximum absolute atomic E-state index is 4.48. The van der Waals surface area contributed by atoms with Crippen molar-refractivity contribution in [2.45, 2.75) is 39.7 Å². The lowest BCUT2D eigenvalue weighted by atomic mass is 10.1. The fourth-order valence-electron chi connectivity index (χ4n) is 2.95. The van der Waals surface area contributed by atoms with Gasteiger partial charge in [0.05, 0.1) is 5.69 Å². The molecule has 108 valence electrons. The van der Waals surface area contributed by atoms with Gasteiger partial charge in [-0.1, -0.05) is 13.8 Å². The van der Waals surface area contributed by atoms with Gasteiger partial charge in [0, 0.05) is 31.9 Å².